The Morgan fingerprint density at radius 1 is 0.934 bits per heavy atom. The molecular formula is C47H42Cl2N4O8. The monoisotopic (exact) mass is 860 g/mol. The maximum Gasteiger partial charge on any atom is 0.326 e. The van der Waals surface area contributed by atoms with E-state index in [1.54, 1.807) is 38.2 Å². The highest BCUT2D eigenvalue weighted by molar-refractivity contribution is 6.35. The van der Waals surface area contributed by atoms with Crippen LogP contribution in [0.15, 0.2) is 95.5 Å². The van der Waals surface area contributed by atoms with Gasteiger partial charge in [-0.2, -0.15) is 0 Å². The van der Waals surface area contributed by atoms with Crippen molar-refractivity contribution in [2.45, 2.75) is 71.9 Å². The van der Waals surface area contributed by atoms with Crippen LogP contribution in [0.3, 0.4) is 0 Å². The number of carboxylic acids is 1. The first kappa shape index (κ1) is 41.4. The molecule has 6 aromatic rings. The van der Waals surface area contributed by atoms with Gasteiger partial charge < -0.3 is 34.0 Å². The number of hydrogen-bond acceptors (Lipinski definition) is 9. The SMILES string of the molecule is Cc1nc(C(=O)N2Cc3cc4c(cc3CC2C(=O)NC(Cc2ccc(-c3ccnc(C)c3C)cc2)C(=O)O)OCC(c2ccc(OCc3c(Cl)cccc3Cl)cc2)O4)c(C)o1. The molecule has 4 aromatic carbocycles. The Hall–Kier alpha value is -6.37. The number of carbonyl (C=O) groups excluding carboxylic acids is 2. The van der Waals surface area contributed by atoms with Gasteiger partial charge in [0.1, 0.15) is 36.8 Å². The van der Waals surface area contributed by atoms with Crippen molar-refractivity contribution in [3.05, 3.63) is 158 Å². The van der Waals surface area contributed by atoms with Gasteiger partial charge in [-0.15, -0.1) is 0 Å². The fraction of sp³-hybridized carbons (Fsp3) is 0.255. The molecule has 3 atom stereocenters. The van der Waals surface area contributed by atoms with Crippen molar-refractivity contribution in [1.82, 2.24) is 20.2 Å². The number of pyridine rings is 1. The molecule has 2 N–H and O–H groups in total. The van der Waals surface area contributed by atoms with Crippen LogP contribution in [0.25, 0.3) is 11.1 Å². The molecule has 0 saturated carbocycles. The molecule has 2 aliphatic heterocycles. The van der Waals surface area contributed by atoms with Gasteiger partial charge in [-0.1, -0.05) is 65.7 Å². The van der Waals surface area contributed by atoms with E-state index in [-0.39, 0.29) is 38.3 Å². The number of benzene rings is 4. The van der Waals surface area contributed by atoms with Gasteiger partial charge in [0, 0.05) is 53.8 Å². The number of nitrogens with one attached hydrogen (secondary N) is 1. The van der Waals surface area contributed by atoms with Gasteiger partial charge in [-0.05, 0) is 102 Å². The Bertz CT molecular complexity index is 2630. The van der Waals surface area contributed by atoms with Gasteiger partial charge in [0.15, 0.2) is 29.2 Å². The summed E-state index contributed by atoms with van der Waals surface area (Å²) in [4.78, 5) is 51.1. The molecular weight excluding hydrogens is 819 g/mol. The van der Waals surface area contributed by atoms with Crippen molar-refractivity contribution in [3.63, 3.8) is 0 Å². The Labute approximate surface area is 362 Å². The van der Waals surface area contributed by atoms with Gasteiger partial charge >= 0.3 is 5.97 Å². The van der Waals surface area contributed by atoms with Gasteiger partial charge in [-0.3, -0.25) is 14.6 Å². The second kappa shape index (κ2) is 17.3. The zero-order valence-electron chi connectivity index (χ0n) is 33.8. The number of aliphatic carboxylic acids is 1. The van der Waals surface area contributed by atoms with Crippen LogP contribution in [0.4, 0.5) is 0 Å². The number of fused-ring (bicyclic) bond motifs is 2. The second-order valence-electron chi connectivity index (χ2n) is 15.2. The van der Waals surface area contributed by atoms with Gasteiger partial charge in [0.2, 0.25) is 5.91 Å². The molecule has 14 heteroatoms. The minimum absolute atomic E-state index is 0.0213. The van der Waals surface area contributed by atoms with Crippen LogP contribution in [0.1, 0.15) is 67.3 Å². The highest BCUT2D eigenvalue weighted by Gasteiger charge is 2.39. The maximum absolute atomic E-state index is 14.2. The second-order valence-corrected chi connectivity index (χ2v) is 16.0. The van der Waals surface area contributed by atoms with Crippen LogP contribution in [0, 0.1) is 27.7 Å². The van der Waals surface area contributed by atoms with Crippen LogP contribution < -0.4 is 19.5 Å². The number of halogens is 2. The molecule has 12 nitrogen and oxygen atoms in total. The minimum atomic E-state index is -1.27. The van der Waals surface area contributed by atoms with Crippen molar-refractivity contribution in [1.29, 1.82) is 0 Å². The van der Waals surface area contributed by atoms with Crippen molar-refractivity contribution in [2.24, 2.45) is 0 Å². The van der Waals surface area contributed by atoms with Gasteiger partial charge in [0.25, 0.3) is 5.91 Å². The van der Waals surface area contributed by atoms with E-state index in [2.05, 4.69) is 15.3 Å². The number of rotatable bonds is 11. The molecule has 312 valence electrons. The molecule has 0 saturated heterocycles. The van der Waals surface area contributed by atoms with Crippen LogP contribution >= 0.6 is 23.2 Å². The standard InChI is InChI=1S/C47H42Cl2N4O8/c1-25-26(2)50-17-16-35(25)30-10-8-29(9-11-30)18-39(47(56)57)52-45(54)40-19-32-20-41-42(21-33(32)22-53(40)46(55)44-27(3)60-28(4)51-44)61-43(24-59-41)31-12-14-34(15-13-31)58-23-36-37(48)6-5-7-38(36)49/h5-17,20-21,39-40,43H,18-19,22-24H2,1-4H3,(H,52,54)(H,56,57). The molecule has 4 heterocycles. The highest BCUT2D eigenvalue weighted by atomic mass is 35.5. The summed E-state index contributed by atoms with van der Waals surface area (Å²) in [6.45, 7) is 7.69. The average molecular weight is 862 g/mol. The van der Waals surface area contributed by atoms with Crippen molar-refractivity contribution in [2.75, 3.05) is 6.61 Å². The summed E-state index contributed by atoms with van der Waals surface area (Å²) in [5, 5.41) is 14.1. The van der Waals surface area contributed by atoms with E-state index >= 15 is 0 Å². The van der Waals surface area contributed by atoms with E-state index in [1.807, 2.05) is 80.6 Å². The number of ether oxygens (including phenoxy) is 3. The summed E-state index contributed by atoms with van der Waals surface area (Å²) in [5.41, 5.74) is 7.87. The molecule has 0 aliphatic carbocycles. The number of hydrogen-bond donors (Lipinski definition) is 2. The zero-order valence-corrected chi connectivity index (χ0v) is 35.3. The average Bonchev–Trinajstić information content (AvgIpc) is 3.60. The summed E-state index contributed by atoms with van der Waals surface area (Å²) in [7, 11) is 0. The van der Waals surface area contributed by atoms with E-state index in [1.165, 1.54) is 4.90 Å². The van der Waals surface area contributed by atoms with Crippen molar-refractivity contribution < 1.29 is 38.1 Å². The fourth-order valence-corrected chi connectivity index (χ4v) is 8.21. The largest absolute Gasteiger partial charge is 0.489 e. The van der Waals surface area contributed by atoms with Gasteiger partial charge in [0.05, 0.1) is 0 Å². The number of carboxylic acid groups (broad SMARTS) is 1. The smallest absolute Gasteiger partial charge is 0.326 e. The third kappa shape index (κ3) is 8.78. The first-order valence-corrected chi connectivity index (χ1v) is 20.5. The first-order valence-electron chi connectivity index (χ1n) is 19.7. The maximum atomic E-state index is 14.2. The summed E-state index contributed by atoms with van der Waals surface area (Å²) < 4.78 is 24.2. The lowest BCUT2D eigenvalue weighted by atomic mass is 9.91. The highest BCUT2D eigenvalue weighted by Crippen LogP contribution is 2.41. The summed E-state index contributed by atoms with van der Waals surface area (Å²) >= 11 is 12.6. The quantitative estimate of drug-likeness (QED) is 0.129. The summed E-state index contributed by atoms with van der Waals surface area (Å²) in [5.74, 6) is -0.102. The predicted octanol–water partition coefficient (Wildman–Crippen LogP) is 8.75. The molecule has 8 rings (SSSR count). The number of amides is 2. The van der Waals surface area contributed by atoms with Crippen LogP contribution in [0.5, 0.6) is 17.2 Å². The van der Waals surface area contributed by atoms with Gasteiger partial charge in [-0.25, -0.2) is 9.78 Å². The van der Waals surface area contributed by atoms with E-state index in [4.69, 9.17) is 41.8 Å². The normalized spacial score (nSPS) is 16.1. The molecule has 3 unspecified atom stereocenters. The number of carbonyl (C=O) groups is 3. The molecule has 0 spiro atoms. The molecule has 2 amide bonds. The third-order valence-electron chi connectivity index (χ3n) is 11.2. The number of nitrogens with zero attached hydrogens (tertiary/aromatic N) is 3. The zero-order chi connectivity index (χ0) is 42.9. The van der Waals surface area contributed by atoms with Crippen LogP contribution in [-0.2, 0) is 35.6 Å². The number of aryl methyl sites for hydroxylation is 3. The van der Waals surface area contributed by atoms with Crippen LogP contribution in [0.2, 0.25) is 10.0 Å². The minimum Gasteiger partial charge on any atom is -0.489 e. The van der Waals surface area contributed by atoms with E-state index in [0.717, 1.165) is 44.6 Å². The molecule has 0 fully saturated rings. The lowest BCUT2D eigenvalue weighted by Crippen LogP contribution is -2.56. The molecule has 0 bridgehead atoms. The lowest BCUT2D eigenvalue weighted by molar-refractivity contribution is -0.142. The molecule has 61 heavy (non-hydrogen) atoms. The molecule has 2 aromatic heterocycles. The Balaban J connectivity index is 0.998. The molecule has 2 aliphatic rings. The summed E-state index contributed by atoms with van der Waals surface area (Å²) in [6.07, 6.45) is 1.44. The number of oxazole rings is 1. The predicted molar refractivity (Wildman–Crippen MR) is 228 cm³/mol. The van der Waals surface area contributed by atoms with Crippen molar-refractivity contribution >= 4 is 41.0 Å². The van der Waals surface area contributed by atoms with Crippen molar-refractivity contribution in [3.8, 4) is 28.4 Å². The Morgan fingerprint density at radius 2 is 1.66 bits per heavy atom. The molecule has 0 radical (unpaired) electrons. The van der Waals surface area contributed by atoms with E-state index in [9.17, 15) is 19.5 Å². The Morgan fingerprint density at radius 3 is 2.34 bits per heavy atom. The van der Waals surface area contributed by atoms with Crippen LogP contribution in [-0.4, -0.2) is 56.4 Å². The van der Waals surface area contributed by atoms with E-state index < -0.39 is 36.0 Å². The first-order chi connectivity index (χ1) is 29.3. The third-order valence-corrected chi connectivity index (χ3v) is 11.9. The topological polar surface area (TPSA) is 153 Å². The Kier molecular flexibility index (Phi) is 11.7. The fourth-order valence-electron chi connectivity index (χ4n) is 7.71. The number of aromatic nitrogens is 2. The van der Waals surface area contributed by atoms with E-state index in [0.29, 0.717) is 44.5 Å². The lowest BCUT2D eigenvalue weighted by Gasteiger charge is -2.37. The summed E-state index contributed by atoms with van der Waals surface area (Å²) in [6, 6.07) is 23.6.